The van der Waals surface area contributed by atoms with E-state index in [2.05, 4.69) is 58.9 Å². The van der Waals surface area contributed by atoms with Gasteiger partial charge in [0.25, 0.3) is 0 Å². The predicted octanol–water partition coefficient (Wildman–Crippen LogP) is 5.35. The molecule has 1 rings (SSSR count). The second kappa shape index (κ2) is 5.91. The summed E-state index contributed by atoms with van der Waals surface area (Å²) in [5.74, 6) is 1.97. The molecule has 1 unspecified atom stereocenters. The summed E-state index contributed by atoms with van der Waals surface area (Å²) in [6.07, 6.45) is 1.06. The van der Waals surface area contributed by atoms with E-state index in [9.17, 15) is 0 Å². The Bertz CT molecular complexity index is 330. The second-order valence-corrected chi connectivity index (χ2v) is 6.58. The minimum atomic E-state index is 0.234. The van der Waals surface area contributed by atoms with E-state index in [0.29, 0.717) is 11.8 Å². The molecule has 0 aliphatic heterocycles. The van der Waals surface area contributed by atoms with E-state index in [4.69, 9.17) is 11.6 Å². The summed E-state index contributed by atoms with van der Waals surface area (Å²) < 4.78 is 0. The van der Waals surface area contributed by atoms with Crippen LogP contribution < -0.4 is 0 Å². The monoisotopic (exact) mass is 252 g/mol. The van der Waals surface area contributed by atoms with Crippen LogP contribution >= 0.6 is 11.6 Å². The first kappa shape index (κ1) is 14.6. The van der Waals surface area contributed by atoms with Gasteiger partial charge < -0.3 is 0 Å². The molecule has 0 spiro atoms. The van der Waals surface area contributed by atoms with Crippen molar-refractivity contribution in [2.45, 2.75) is 52.4 Å². The molecule has 0 aliphatic carbocycles. The molecule has 1 aromatic rings. The normalized spacial score (nSPS) is 14.1. The topological polar surface area (TPSA) is 0 Å². The van der Waals surface area contributed by atoms with Gasteiger partial charge in [0.2, 0.25) is 0 Å². The smallest absolute Gasteiger partial charge is 0.0229 e. The third-order valence-electron chi connectivity index (χ3n) is 3.43. The number of rotatable bonds is 4. The minimum Gasteiger partial charge on any atom is -0.127 e. The zero-order chi connectivity index (χ0) is 13.1. The maximum Gasteiger partial charge on any atom is 0.0229 e. The fourth-order valence-electron chi connectivity index (χ4n) is 2.23. The van der Waals surface area contributed by atoms with Crippen LogP contribution in [-0.4, -0.2) is 5.88 Å². The van der Waals surface area contributed by atoms with Crippen molar-refractivity contribution < 1.29 is 0 Å². The standard InChI is InChI=1S/C16H25Cl/c1-12(2)15(10-11-17)13-6-8-14(9-7-13)16(3,4)5/h6-9,12,15H,10-11H2,1-5H3. The van der Waals surface area contributed by atoms with Crippen LogP contribution in [0.25, 0.3) is 0 Å². The Morgan fingerprint density at radius 1 is 1.06 bits per heavy atom. The van der Waals surface area contributed by atoms with Gasteiger partial charge in [-0.15, -0.1) is 11.6 Å². The van der Waals surface area contributed by atoms with E-state index < -0.39 is 0 Å². The molecule has 0 nitrogen and oxygen atoms in total. The Balaban J connectivity index is 2.92. The Morgan fingerprint density at radius 2 is 1.59 bits per heavy atom. The van der Waals surface area contributed by atoms with Gasteiger partial charge in [-0.2, -0.15) is 0 Å². The molecular weight excluding hydrogens is 228 g/mol. The first-order valence-electron chi connectivity index (χ1n) is 6.52. The third kappa shape index (κ3) is 4.03. The number of hydrogen-bond donors (Lipinski definition) is 0. The molecule has 1 atom stereocenters. The zero-order valence-electron chi connectivity index (χ0n) is 11.8. The molecule has 0 bridgehead atoms. The lowest BCUT2D eigenvalue weighted by Crippen LogP contribution is -2.12. The van der Waals surface area contributed by atoms with Crippen LogP contribution in [0.2, 0.25) is 0 Å². The summed E-state index contributed by atoms with van der Waals surface area (Å²) in [5.41, 5.74) is 3.06. The summed E-state index contributed by atoms with van der Waals surface area (Å²) in [7, 11) is 0. The molecule has 0 aromatic heterocycles. The SMILES string of the molecule is CC(C)C(CCCl)c1ccc(C(C)(C)C)cc1. The average Bonchev–Trinajstić information content (AvgIpc) is 2.24. The molecule has 0 amide bonds. The summed E-state index contributed by atoms with van der Waals surface area (Å²) >= 11 is 5.89. The van der Waals surface area contributed by atoms with Crippen molar-refractivity contribution in [3.63, 3.8) is 0 Å². The van der Waals surface area contributed by atoms with E-state index in [-0.39, 0.29) is 5.41 Å². The van der Waals surface area contributed by atoms with Gasteiger partial charge >= 0.3 is 0 Å². The van der Waals surface area contributed by atoms with Crippen LogP contribution in [0.5, 0.6) is 0 Å². The fraction of sp³-hybridized carbons (Fsp3) is 0.625. The van der Waals surface area contributed by atoms with Crippen molar-refractivity contribution in [3.8, 4) is 0 Å². The lowest BCUT2D eigenvalue weighted by atomic mass is 9.82. The van der Waals surface area contributed by atoms with Gasteiger partial charge in [-0.25, -0.2) is 0 Å². The average molecular weight is 253 g/mol. The van der Waals surface area contributed by atoms with Crippen LogP contribution in [0, 0.1) is 5.92 Å². The Hall–Kier alpha value is -0.490. The van der Waals surface area contributed by atoms with Gasteiger partial charge in [0, 0.05) is 5.88 Å². The molecule has 0 N–H and O–H groups in total. The molecule has 0 saturated heterocycles. The molecule has 1 aromatic carbocycles. The molecule has 96 valence electrons. The van der Waals surface area contributed by atoms with Crippen LogP contribution in [0.4, 0.5) is 0 Å². The first-order chi connectivity index (χ1) is 7.86. The molecule has 0 aliphatic rings. The lowest BCUT2D eigenvalue weighted by molar-refractivity contribution is 0.486. The lowest BCUT2D eigenvalue weighted by Gasteiger charge is -2.23. The van der Waals surface area contributed by atoms with Crippen molar-refractivity contribution >= 4 is 11.6 Å². The highest BCUT2D eigenvalue weighted by Gasteiger charge is 2.17. The van der Waals surface area contributed by atoms with E-state index in [1.807, 2.05) is 0 Å². The van der Waals surface area contributed by atoms with Gasteiger partial charge in [-0.3, -0.25) is 0 Å². The first-order valence-corrected chi connectivity index (χ1v) is 7.06. The number of alkyl halides is 1. The van der Waals surface area contributed by atoms with E-state index in [1.54, 1.807) is 0 Å². The predicted molar refractivity (Wildman–Crippen MR) is 78.1 cm³/mol. The zero-order valence-corrected chi connectivity index (χ0v) is 12.5. The van der Waals surface area contributed by atoms with Crippen LogP contribution in [0.1, 0.15) is 58.1 Å². The molecule has 0 saturated carbocycles. The van der Waals surface area contributed by atoms with Crippen molar-refractivity contribution in [1.29, 1.82) is 0 Å². The van der Waals surface area contributed by atoms with Crippen molar-refractivity contribution in [3.05, 3.63) is 35.4 Å². The summed E-state index contributed by atoms with van der Waals surface area (Å²) in [4.78, 5) is 0. The summed E-state index contributed by atoms with van der Waals surface area (Å²) in [6, 6.07) is 9.08. The van der Waals surface area contributed by atoms with Gasteiger partial charge in [0.05, 0.1) is 0 Å². The van der Waals surface area contributed by atoms with Gasteiger partial charge in [-0.05, 0) is 34.8 Å². The fourth-order valence-corrected chi connectivity index (χ4v) is 2.47. The highest BCUT2D eigenvalue weighted by Crippen LogP contribution is 2.30. The van der Waals surface area contributed by atoms with Gasteiger partial charge in [-0.1, -0.05) is 58.9 Å². The molecule has 0 fully saturated rings. The largest absolute Gasteiger partial charge is 0.127 e. The van der Waals surface area contributed by atoms with Crippen LogP contribution in [-0.2, 0) is 5.41 Å². The Kier molecular flexibility index (Phi) is 5.06. The highest BCUT2D eigenvalue weighted by molar-refractivity contribution is 6.17. The number of halogens is 1. The van der Waals surface area contributed by atoms with Crippen LogP contribution in [0.15, 0.2) is 24.3 Å². The van der Waals surface area contributed by atoms with E-state index in [1.165, 1.54) is 11.1 Å². The van der Waals surface area contributed by atoms with Gasteiger partial charge in [0.1, 0.15) is 0 Å². The molecular formula is C16H25Cl. The van der Waals surface area contributed by atoms with Crippen LogP contribution in [0.3, 0.4) is 0 Å². The van der Waals surface area contributed by atoms with Crippen molar-refractivity contribution in [2.24, 2.45) is 5.92 Å². The Labute approximate surface area is 111 Å². The number of hydrogen-bond acceptors (Lipinski definition) is 0. The Morgan fingerprint density at radius 3 is 1.94 bits per heavy atom. The maximum absolute atomic E-state index is 5.89. The number of benzene rings is 1. The maximum atomic E-state index is 5.89. The second-order valence-electron chi connectivity index (χ2n) is 6.20. The van der Waals surface area contributed by atoms with Crippen molar-refractivity contribution in [1.82, 2.24) is 0 Å². The summed E-state index contributed by atoms with van der Waals surface area (Å²) in [6.45, 7) is 11.3. The molecule has 0 heterocycles. The molecule has 1 heteroatoms. The minimum absolute atomic E-state index is 0.234. The molecule has 17 heavy (non-hydrogen) atoms. The quantitative estimate of drug-likeness (QED) is 0.634. The van der Waals surface area contributed by atoms with E-state index >= 15 is 0 Å². The summed E-state index contributed by atoms with van der Waals surface area (Å²) in [5, 5.41) is 0. The van der Waals surface area contributed by atoms with Gasteiger partial charge in [0.15, 0.2) is 0 Å². The highest BCUT2D eigenvalue weighted by atomic mass is 35.5. The molecule has 0 radical (unpaired) electrons. The van der Waals surface area contributed by atoms with E-state index in [0.717, 1.165) is 12.3 Å². The van der Waals surface area contributed by atoms with Crippen molar-refractivity contribution in [2.75, 3.05) is 5.88 Å². The third-order valence-corrected chi connectivity index (χ3v) is 3.65.